The molecule has 3 heterocycles. The molecule has 0 saturated carbocycles. The first-order chi connectivity index (χ1) is 15.7. The molecule has 1 saturated heterocycles. The predicted octanol–water partition coefficient (Wildman–Crippen LogP) is 4.28. The molecule has 1 atom stereocenters. The first kappa shape index (κ1) is 25.4. The lowest BCUT2D eigenvalue weighted by Gasteiger charge is -2.16. The second kappa shape index (κ2) is 12.3. The van der Waals surface area contributed by atoms with Crippen LogP contribution in [0.5, 0.6) is 11.5 Å². The lowest BCUT2D eigenvalue weighted by Crippen LogP contribution is -2.36. The number of hydrogen-bond donors (Lipinski definition) is 2. The summed E-state index contributed by atoms with van der Waals surface area (Å²) in [5.74, 6) is 3.71. The molecule has 1 unspecified atom stereocenters. The average molecular weight is 566 g/mol. The minimum Gasteiger partial charge on any atom is -0.494 e. The Kier molecular flexibility index (Phi) is 9.46. The highest BCUT2D eigenvalue weighted by atomic mass is 127. The van der Waals surface area contributed by atoms with Gasteiger partial charge in [-0.3, -0.25) is 0 Å². The molecule has 0 aliphatic carbocycles. The zero-order chi connectivity index (χ0) is 22.3. The van der Waals surface area contributed by atoms with E-state index in [0.717, 1.165) is 60.5 Å². The van der Waals surface area contributed by atoms with E-state index in [4.69, 9.17) is 14.5 Å². The van der Waals surface area contributed by atoms with Crippen LogP contribution >= 0.6 is 24.0 Å². The first-order valence-corrected chi connectivity index (χ1v) is 11.8. The molecule has 180 valence electrons. The fourth-order valence-corrected chi connectivity index (χ4v) is 4.24. The molecule has 1 fully saturated rings. The quantitative estimate of drug-likeness (QED) is 0.283. The minimum absolute atomic E-state index is 0. The molecule has 0 radical (unpaired) electrons. The number of fused-ring (bicyclic) bond motifs is 1. The summed E-state index contributed by atoms with van der Waals surface area (Å²) in [6.45, 7) is 11.0. The first-order valence-electron chi connectivity index (χ1n) is 11.8. The van der Waals surface area contributed by atoms with Gasteiger partial charge in [0.15, 0.2) is 5.96 Å². The summed E-state index contributed by atoms with van der Waals surface area (Å²) in [5.41, 5.74) is 3.39. The zero-order valence-corrected chi connectivity index (χ0v) is 22.2. The molecule has 4 rings (SSSR count). The maximum Gasteiger partial charge on any atom is 0.191 e. The van der Waals surface area contributed by atoms with Crippen molar-refractivity contribution in [3.63, 3.8) is 0 Å². The lowest BCUT2D eigenvalue weighted by atomic mass is 10.1. The maximum atomic E-state index is 5.95. The Bertz CT molecular complexity index is 929. The summed E-state index contributed by atoms with van der Waals surface area (Å²) in [5, 5.41) is 6.77. The number of halogens is 1. The van der Waals surface area contributed by atoms with Crippen LogP contribution in [0.15, 0.2) is 35.5 Å². The van der Waals surface area contributed by atoms with Gasteiger partial charge in [-0.1, -0.05) is 6.07 Å². The van der Waals surface area contributed by atoms with Gasteiger partial charge in [0, 0.05) is 49.9 Å². The third-order valence-electron chi connectivity index (χ3n) is 5.83. The summed E-state index contributed by atoms with van der Waals surface area (Å²) in [4.78, 5) is 11.7. The average Bonchev–Trinajstić information content (AvgIpc) is 3.45. The van der Waals surface area contributed by atoms with Crippen LogP contribution in [0.2, 0.25) is 0 Å². The van der Waals surface area contributed by atoms with E-state index in [-0.39, 0.29) is 30.1 Å². The van der Waals surface area contributed by atoms with Crippen molar-refractivity contribution < 1.29 is 9.47 Å². The van der Waals surface area contributed by atoms with Gasteiger partial charge in [-0.05, 0) is 57.4 Å². The Morgan fingerprint density at radius 2 is 2.03 bits per heavy atom. The Morgan fingerprint density at radius 3 is 2.73 bits per heavy atom. The molecule has 2 aliphatic rings. The van der Waals surface area contributed by atoms with Gasteiger partial charge in [0.25, 0.3) is 0 Å². The van der Waals surface area contributed by atoms with Crippen LogP contribution in [0.25, 0.3) is 0 Å². The fourth-order valence-electron chi connectivity index (χ4n) is 4.24. The van der Waals surface area contributed by atoms with Crippen molar-refractivity contribution in [2.45, 2.75) is 59.2 Å². The summed E-state index contributed by atoms with van der Waals surface area (Å²) < 4.78 is 11.9. The number of anilines is 1. The molecular weight excluding hydrogens is 529 g/mol. The third kappa shape index (κ3) is 6.65. The zero-order valence-electron chi connectivity index (χ0n) is 19.9. The van der Waals surface area contributed by atoms with Crippen molar-refractivity contribution in [1.29, 1.82) is 0 Å². The van der Waals surface area contributed by atoms with Gasteiger partial charge in [-0.25, -0.2) is 9.98 Å². The van der Waals surface area contributed by atoms with E-state index in [2.05, 4.69) is 58.6 Å². The molecule has 0 bridgehead atoms. The summed E-state index contributed by atoms with van der Waals surface area (Å²) in [6, 6.07) is 8.45. The number of ether oxygens (including phenoxy) is 2. The van der Waals surface area contributed by atoms with E-state index in [9.17, 15) is 0 Å². The number of nitrogens with zero attached hydrogens (tertiary/aromatic N) is 3. The number of nitrogens with one attached hydrogen (secondary N) is 2. The van der Waals surface area contributed by atoms with Gasteiger partial charge >= 0.3 is 0 Å². The van der Waals surface area contributed by atoms with Gasteiger partial charge in [-0.2, -0.15) is 0 Å². The van der Waals surface area contributed by atoms with Crippen molar-refractivity contribution in [2.75, 3.05) is 31.1 Å². The standard InChI is InChI=1S/C25H35N5O2.HI/c1-4-26-25(28-16-19-8-9-24(27-15-19)30-10-6-7-11-30)29-17-21-14-23-20(12-18(3)32-23)13-22(21)31-5-2;/h8-9,13-15,18H,4-7,10-12,16-17H2,1-3H3,(H2,26,28,29);1H. The molecule has 1 aromatic heterocycles. The van der Waals surface area contributed by atoms with E-state index in [1.165, 1.54) is 18.4 Å². The molecule has 2 aliphatic heterocycles. The van der Waals surface area contributed by atoms with Gasteiger partial charge < -0.3 is 25.0 Å². The number of hydrogen-bond acceptors (Lipinski definition) is 5. The van der Waals surface area contributed by atoms with Crippen molar-refractivity contribution in [1.82, 2.24) is 15.6 Å². The SMILES string of the molecule is CCNC(=NCc1ccc(N2CCCC2)nc1)NCc1cc2c(cc1OCC)CC(C)O2.I. The van der Waals surface area contributed by atoms with Crippen LogP contribution in [0.4, 0.5) is 5.82 Å². The predicted molar refractivity (Wildman–Crippen MR) is 144 cm³/mol. The maximum absolute atomic E-state index is 5.95. The Hall–Kier alpha value is -2.23. The largest absolute Gasteiger partial charge is 0.494 e. The smallest absolute Gasteiger partial charge is 0.191 e. The molecule has 7 nitrogen and oxygen atoms in total. The van der Waals surface area contributed by atoms with Crippen molar-refractivity contribution in [3.8, 4) is 11.5 Å². The number of rotatable bonds is 8. The third-order valence-corrected chi connectivity index (χ3v) is 5.83. The van der Waals surface area contributed by atoms with Crippen molar-refractivity contribution in [2.24, 2.45) is 4.99 Å². The van der Waals surface area contributed by atoms with Gasteiger partial charge in [0.1, 0.15) is 23.4 Å². The topological polar surface area (TPSA) is 71.0 Å². The normalized spacial score (nSPS) is 17.2. The van der Waals surface area contributed by atoms with E-state index in [1.807, 2.05) is 13.1 Å². The van der Waals surface area contributed by atoms with E-state index in [0.29, 0.717) is 19.7 Å². The van der Waals surface area contributed by atoms with Gasteiger partial charge in [-0.15, -0.1) is 24.0 Å². The van der Waals surface area contributed by atoms with Crippen LogP contribution < -0.4 is 25.0 Å². The molecule has 0 spiro atoms. The molecular formula is C25H36IN5O2. The number of aromatic nitrogens is 1. The number of pyridine rings is 1. The molecule has 33 heavy (non-hydrogen) atoms. The Labute approximate surface area is 214 Å². The van der Waals surface area contributed by atoms with Crippen LogP contribution in [-0.2, 0) is 19.5 Å². The molecule has 2 N–H and O–H groups in total. The highest BCUT2D eigenvalue weighted by molar-refractivity contribution is 14.0. The number of benzene rings is 1. The minimum atomic E-state index is 0. The monoisotopic (exact) mass is 565 g/mol. The molecule has 2 aromatic rings. The summed E-state index contributed by atoms with van der Waals surface area (Å²) in [7, 11) is 0. The van der Waals surface area contributed by atoms with E-state index < -0.39 is 0 Å². The summed E-state index contributed by atoms with van der Waals surface area (Å²) in [6.07, 6.45) is 5.59. The highest BCUT2D eigenvalue weighted by Gasteiger charge is 2.22. The van der Waals surface area contributed by atoms with Crippen LogP contribution in [0.3, 0.4) is 0 Å². The van der Waals surface area contributed by atoms with Gasteiger partial charge in [0.2, 0.25) is 0 Å². The lowest BCUT2D eigenvalue weighted by molar-refractivity contribution is 0.254. The van der Waals surface area contributed by atoms with Gasteiger partial charge in [0.05, 0.1) is 13.2 Å². The second-order valence-corrected chi connectivity index (χ2v) is 8.40. The molecule has 0 amide bonds. The summed E-state index contributed by atoms with van der Waals surface area (Å²) >= 11 is 0. The second-order valence-electron chi connectivity index (χ2n) is 8.40. The Balaban J connectivity index is 0.00000306. The molecule has 1 aromatic carbocycles. The number of aliphatic imine (C=N–C) groups is 1. The number of guanidine groups is 1. The van der Waals surface area contributed by atoms with Crippen molar-refractivity contribution in [3.05, 3.63) is 47.2 Å². The van der Waals surface area contributed by atoms with Crippen LogP contribution in [-0.4, -0.2) is 43.3 Å². The van der Waals surface area contributed by atoms with Crippen LogP contribution in [0, 0.1) is 0 Å². The van der Waals surface area contributed by atoms with Crippen LogP contribution in [0.1, 0.15) is 50.3 Å². The fraction of sp³-hybridized carbons (Fsp3) is 0.520. The van der Waals surface area contributed by atoms with E-state index in [1.54, 1.807) is 0 Å². The van der Waals surface area contributed by atoms with E-state index >= 15 is 0 Å². The highest BCUT2D eigenvalue weighted by Crippen LogP contribution is 2.35. The van der Waals surface area contributed by atoms with Crippen molar-refractivity contribution >= 4 is 35.8 Å². The Morgan fingerprint density at radius 1 is 1.21 bits per heavy atom. The molecule has 8 heteroatoms.